The number of likely N-dealkylation sites (tertiary alicyclic amines) is 1. The van der Waals surface area contributed by atoms with E-state index in [1.807, 2.05) is 19.1 Å². The second-order valence-electron chi connectivity index (χ2n) is 6.69. The molecule has 2 aromatic rings. The van der Waals surface area contributed by atoms with Gasteiger partial charge in [-0.3, -0.25) is 14.5 Å². The molecule has 2 amide bonds. The van der Waals surface area contributed by atoms with Gasteiger partial charge in [-0.05, 0) is 56.1 Å². The molecule has 7 heteroatoms. The van der Waals surface area contributed by atoms with Crippen molar-refractivity contribution in [2.75, 3.05) is 18.4 Å². The maximum Gasteiger partial charge on any atom is 0.256 e. The Morgan fingerprint density at radius 3 is 2.62 bits per heavy atom. The van der Waals surface area contributed by atoms with E-state index in [1.165, 1.54) is 0 Å². The monoisotopic (exact) mass is 353 g/mol. The Labute approximate surface area is 152 Å². The number of aryl methyl sites for hydroxylation is 1. The molecular weight excluding hydrogens is 330 g/mol. The van der Waals surface area contributed by atoms with Crippen LogP contribution in [-0.2, 0) is 11.3 Å². The van der Waals surface area contributed by atoms with E-state index in [0.717, 1.165) is 37.2 Å². The molecule has 0 spiro atoms. The lowest BCUT2D eigenvalue weighted by atomic mass is 9.97. The van der Waals surface area contributed by atoms with Gasteiger partial charge in [-0.2, -0.15) is 5.10 Å². The van der Waals surface area contributed by atoms with Crippen molar-refractivity contribution in [3.8, 4) is 0 Å². The van der Waals surface area contributed by atoms with Crippen molar-refractivity contribution in [3.63, 3.8) is 0 Å². The highest BCUT2D eigenvalue weighted by molar-refractivity contribution is 6.03. The molecule has 1 atom stereocenters. The van der Waals surface area contributed by atoms with Gasteiger partial charge in [0.1, 0.15) is 0 Å². The van der Waals surface area contributed by atoms with Crippen LogP contribution in [0.4, 0.5) is 5.82 Å². The molecule has 0 bridgehead atoms. The summed E-state index contributed by atoms with van der Waals surface area (Å²) >= 11 is 0. The zero-order chi connectivity index (χ0) is 18.5. The Morgan fingerprint density at radius 1 is 1.19 bits per heavy atom. The number of piperidine rings is 1. The summed E-state index contributed by atoms with van der Waals surface area (Å²) in [6.07, 6.45) is 1.85. The number of carbonyl (C=O) groups excluding carboxylic acids is 2. The van der Waals surface area contributed by atoms with Crippen molar-refractivity contribution in [2.24, 2.45) is 11.7 Å². The topological polar surface area (TPSA) is 101 Å². The fraction of sp³-hybridized carbons (Fsp3) is 0.368. The van der Waals surface area contributed by atoms with Crippen molar-refractivity contribution in [1.82, 2.24) is 15.1 Å². The summed E-state index contributed by atoms with van der Waals surface area (Å²) in [7, 11) is 0. The van der Waals surface area contributed by atoms with E-state index < -0.39 is 0 Å². The molecular formula is C19H23N5O2. The lowest BCUT2D eigenvalue weighted by Gasteiger charge is -2.31. The first-order valence-corrected chi connectivity index (χ1v) is 8.73. The number of hydrogen-bond acceptors (Lipinski definition) is 5. The van der Waals surface area contributed by atoms with E-state index >= 15 is 0 Å². The number of anilines is 1. The van der Waals surface area contributed by atoms with Gasteiger partial charge in [-0.1, -0.05) is 12.1 Å². The number of rotatable bonds is 5. The van der Waals surface area contributed by atoms with Crippen molar-refractivity contribution in [1.29, 1.82) is 0 Å². The number of primary amides is 1. The first kappa shape index (κ1) is 18.0. The van der Waals surface area contributed by atoms with Gasteiger partial charge in [-0.25, -0.2) is 0 Å². The van der Waals surface area contributed by atoms with E-state index in [1.54, 1.807) is 24.3 Å². The number of aromatic nitrogens is 2. The minimum atomic E-state index is -0.221. The van der Waals surface area contributed by atoms with Gasteiger partial charge in [0, 0.05) is 18.7 Å². The van der Waals surface area contributed by atoms with E-state index in [0.29, 0.717) is 17.9 Å². The van der Waals surface area contributed by atoms with Gasteiger partial charge in [0.25, 0.3) is 5.91 Å². The normalized spacial score (nSPS) is 17.7. The Morgan fingerprint density at radius 2 is 1.96 bits per heavy atom. The minimum Gasteiger partial charge on any atom is -0.369 e. The Bertz CT molecular complexity index is 774. The van der Waals surface area contributed by atoms with E-state index in [2.05, 4.69) is 20.4 Å². The van der Waals surface area contributed by atoms with Crippen LogP contribution in [0.15, 0.2) is 36.4 Å². The largest absolute Gasteiger partial charge is 0.369 e. The lowest BCUT2D eigenvalue weighted by molar-refractivity contribution is -0.123. The van der Waals surface area contributed by atoms with Crippen molar-refractivity contribution in [3.05, 3.63) is 53.2 Å². The van der Waals surface area contributed by atoms with Gasteiger partial charge >= 0.3 is 0 Å². The number of nitrogens with one attached hydrogen (secondary N) is 1. The summed E-state index contributed by atoms with van der Waals surface area (Å²) in [5.74, 6) is -0.0812. The van der Waals surface area contributed by atoms with Crippen LogP contribution < -0.4 is 11.1 Å². The number of nitrogens with two attached hydrogens (primary N) is 1. The van der Waals surface area contributed by atoms with Crippen molar-refractivity contribution >= 4 is 17.6 Å². The summed E-state index contributed by atoms with van der Waals surface area (Å²) < 4.78 is 0. The number of carbonyl (C=O) groups is 2. The second-order valence-corrected chi connectivity index (χ2v) is 6.69. The predicted octanol–water partition coefficient (Wildman–Crippen LogP) is 1.73. The molecule has 3 rings (SSSR count). The quantitative estimate of drug-likeness (QED) is 0.852. The van der Waals surface area contributed by atoms with Crippen LogP contribution >= 0.6 is 0 Å². The number of nitrogens with zero attached hydrogens (tertiary/aromatic N) is 3. The van der Waals surface area contributed by atoms with Gasteiger partial charge in [0.2, 0.25) is 5.91 Å². The first-order valence-electron chi connectivity index (χ1n) is 8.73. The standard InChI is InChI=1S/C19H23N5O2/c1-13-4-9-17(23-22-13)21-19(26)15-7-5-14(6-8-15)11-24-10-2-3-16(12-24)18(20)25/h4-9,16H,2-3,10-12H2,1H3,(H2,20,25)(H,21,23,26). The maximum absolute atomic E-state index is 12.3. The molecule has 1 aliphatic heterocycles. The zero-order valence-electron chi connectivity index (χ0n) is 14.8. The summed E-state index contributed by atoms with van der Waals surface area (Å²) in [5, 5.41) is 10.6. The van der Waals surface area contributed by atoms with E-state index in [4.69, 9.17) is 5.73 Å². The average Bonchev–Trinajstić information content (AvgIpc) is 2.64. The van der Waals surface area contributed by atoms with Crippen LogP contribution in [0, 0.1) is 12.8 Å². The molecule has 1 aliphatic rings. The number of hydrogen-bond donors (Lipinski definition) is 2. The third-order valence-electron chi connectivity index (χ3n) is 4.57. The van der Waals surface area contributed by atoms with Crippen molar-refractivity contribution in [2.45, 2.75) is 26.3 Å². The van der Waals surface area contributed by atoms with Gasteiger partial charge in [0.05, 0.1) is 11.6 Å². The van der Waals surface area contributed by atoms with Gasteiger partial charge in [0.15, 0.2) is 5.82 Å². The summed E-state index contributed by atoms with van der Waals surface area (Å²) in [6.45, 7) is 4.24. The maximum atomic E-state index is 12.3. The molecule has 0 aliphatic carbocycles. The molecule has 1 unspecified atom stereocenters. The van der Waals surface area contributed by atoms with Crippen LogP contribution in [0.25, 0.3) is 0 Å². The number of amides is 2. The first-order chi connectivity index (χ1) is 12.5. The molecule has 26 heavy (non-hydrogen) atoms. The van der Waals surface area contributed by atoms with Crippen LogP contribution in [-0.4, -0.2) is 40.0 Å². The highest BCUT2D eigenvalue weighted by Crippen LogP contribution is 2.18. The second kappa shape index (κ2) is 8.05. The Hall–Kier alpha value is -2.80. The summed E-state index contributed by atoms with van der Waals surface area (Å²) in [5.41, 5.74) is 7.88. The van der Waals surface area contributed by atoms with Crippen LogP contribution in [0.2, 0.25) is 0 Å². The lowest BCUT2D eigenvalue weighted by Crippen LogP contribution is -2.40. The molecule has 3 N–H and O–H groups in total. The highest BCUT2D eigenvalue weighted by Gasteiger charge is 2.23. The zero-order valence-corrected chi connectivity index (χ0v) is 14.8. The summed E-state index contributed by atoms with van der Waals surface area (Å²) in [6, 6.07) is 11.0. The predicted molar refractivity (Wildman–Crippen MR) is 98.4 cm³/mol. The third-order valence-corrected chi connectivity index (χ3v) is 4.57. The van der Waals surface area contributed by atoms with E-state index in [-0.39, 0.29) is 17.7 Å². The molecule has 1 saturated heterocycles. The van der Waals surface area contributed by atoms with Gasteiger partial charge < -0.3 is 11.1 Å². The highest BCUT2D eigenvalue weighted by atomic mass is 16.2. The summed E-state index contributed by atoms with van der Waals surface area (Å²) in [4.78, 5) is 25.9. The fourth-order valence-electron chi connectivity index (χ4n) is 3.11. The van der Waals surface area contributed by atoms with Crippen molar-refractivity contribution < 1.29 is 9.59 Å². The molecule has 1 aromatic carbocycles. The van der Waals surface area contributed by atoms with Gasteiger partial charge in [-0.15, -0.1) is 5.10 Å². The molecule has 136 valence electrons. The molecule has 0 radical (unpaired) electrons. The molecule has 0 saturated carbocycles. The van der Waals surface area contributed by atoms with E-state index in [9.17, 15) is 9.59 Å². The molecule has 1 fully saturated rings. The Balaban J connectivity index is 1.58. The third kappa shape index (κ3) is 4.64. The molecule has 1 aromatic heterocycles. The molecule has 7 nitrogen and oxygen atoms in total. The average molecular weight is 353 g/mol. The van der Waals surface area contributed by atoms with Crippen LogP contribution in [0.3, 0.4) is 0 Å². The van der Waals surface area contributed by atoms with Crippen LogP contribution in [0.5, 0.6) is 0 Å². The fourth-order valence-corrected chi connectivity index (χ4v) is 3.11. The minimum absolute atomic E-state index is 0.0654. The molecule has 2 heterocycles. The Kier molecular flexibility index (Phi) is 5.58. The SMILES string of the molecule is Cc1ccc(NC(=O)c2ccc(CN3CCCC(C(N)=O)C3)cc2)nn1. The number of benzene rings is 1. The van der Waals surface area contributed by atoms with Crippen LogP contribution in [0.1, 0.15) is 34.5 Å². The smallest absolute Gasteiger partial charge is 0.256 e.